The number of carbonyl (C=O) groups excluding carboxylic acids is 2. The molecule has 5 atom stereocenters. The molecular weight excluding hydrogens is 661 g/mol. The van der Waals surface area contributed by atoms with Gasteiger partial charge < -0.3 is 29.0 Å². The van der Waals surface area contributed by atoms with Gasteiger partial charge in [-0.1, -0.05) is 61.6 Å². The Morgan fingerprint density at radius 1 is 0.961 bits per heavy atom. The van der Waals surface area contributed by atoms with Gasteiger partial charge in [-0.15, -0.1) is 0 Å². The number of aliphatic hydroxyl groups excluding tert-OH is 1. The van der Waals surface area contributed by atoms with Gasteiger partial charge >= 0.3 is 0 Å². The van der Waals surface area contributed by atoms with Crippen molar-refractivity contribution in [2.45, 2.75) is 63.1 Å². The third-order valence-corrected chi connectivity index (χ3v) is 15.4. The van der Waals surface area contributed by atoms with Crippen LogP contribution in [-0.2, 0) is 9.53 Å². The van der Waals surface area contributed by atoms with Gasteiger partial charge in [0.25, 0.3) is 5.91 Å². The zero-order chi connectivity index (χ0) is 35.9. The number of methoxy groups -OCH3 is 2. The molecule has 1 saturated heterocycles. The van der Waals surface area contributed by atoms with Crippen LogP contribution < -0.4 is 24.3 Å². The molecule has 0 bridgehead atoms. The van der Waals surface area contributed by atoms with Gasteiger partial charge in [0.05, 0.1) is 50.9 Å². The van der Waals surface area contributed by atoms with Crippen molar-refractivity contribution >= 4 is 36.4 Å². The minimum atomic E-state index is -2.42. The molecule has 0 aromatic heterocycles. The van der Waals surface area contributed by atoms with Crippen molar-refractivity contribution in [3.8, 4) is 23.0 Å². The van der Waals surface area contributed by atoms with Crippen LogP contribution in [0.2, 0.25) is 18.6 Å². The Labute approximate surface area is 300 Å². The smallest absolute Gasteiger partial charge is 0.266 e. The molecule has 0 radical (unpaired) electrons. The number of fused-ring (bicyclic) bond motifs is 3. The van der Waals surface area contributed by atoms with Crippen LogP contribution in [0.5, 0.6) is 23.0 Å². The number of benzene rings is 4. The summed E-state index contributed by atoms with van der Waals surface area (Å²) in [5.41, 5.74) is 2.51. The maximum Gasteiger partial charge on any atom is 0.266 e. The zero-order valence-electron chi connectivity index (χ0n) is 29.9. The fraction of sp³-hybridized carbons (Fsp3) is 0.366. The van der Waals surface area contributed by atoms with Crippen LogP contribution in [0.25, 0.3) is 0 Å². The summed E-state index contributed by atoms with van der Waals surface area (Å²) >= 11 is 0. The summed E-state index contributed by atoms with van der Waals surface area (Å²) in [4.78, 5) is 31.9. The topological polar surface area (TPSA) is 97.8 Å². The van der Waals surface area contributed by atoms with E-state index in [9.17, 15) is 14.7 Å². The van der Waals surface area contributed by atoms with Crippen molar-refractivity contribution < 1.29 is 33.6 Å². The molecule has 2 amide bonds. The number of anilines is 2. The van der Waals surface area contributed by atoms with Gasteiger partial charge in [-0.25, -0.2) is 0 Å². The molecule has 0 saturated carbocycles. The molecule has 0 spiro atoms. The summed E-state index contributed by atoms with van der Waals surface area (Å²) in [7, 11) is 0.944. The van der Waals surface area contributed by atoms with Crippen LogP contribution in [-0.4, -0.2) is 69.4 Å². The van der Waals surface area contributed by atoms with Crippen LogP contribution in [0.3, 0.4) is 0 Å². The van der Waals surface area contributed by atoms with Crippen LogP contribution >= 0.6 is 0 Å². The van der Waals surface area contributed by atoms with Gasteiger partial charge in [-0.05, 0) is 67.4 Å². The van der Waals surface area contributed by atoms with Crippen molar-refractivity contribution in [1.29, 1.82) is 0 Å². The molecule has 266 valence electrons. The summed E-state index contributed by atoms with van der Waals surface area (Å²) in [6.45, 7) is 7.36. The van der Waals surface area contributed by atoms with Gasteiger partial charge in [0, 0.05) is 37.1 Å². The van der Waals surface area contributed by atoms with Crippen LogP contribution in [0.1, 0.15) is 48.2 Å². The number of nitrogens with zero attached hydrogens (tertiary/aromatic N) is 2. The first-order valence-electron chi connectivity index (χ1n) is 17.7. The molecule has 1 N–H and O–H groups in total. The number of para-hydroxylation sites is 3. The van der Waals surface area contributed by atoms with Crippen molar-refractivity contribution in [2.75, 3.05) is 32.3 Å². The highest BCUT2D eigenvalue weighted by molar-refractivity contribution is 6.91. The highest BCUT2D eigenvalue weighted by Gasteiger charge is 2.49. The van der Waals surface area contributed by atoms with Crippen molar-refractivity contribution in [3.05, 3.63) is 102 Å². The van der Waals surface area contributed by atoms with Gasteiger partial charge in [0.15, 0.2) is 5.75 Å². The van der Waals surface area contributed by atoms with E-state index in [2.05, 4.69) is 32.2 Å². The number of hydrogen-bond donors (Lipinski definition) is 1. The zero-order valence-corrected chi connectivity index (χ0v) is 30.9. The number of carbonyl (C=O) groups is 2. The molecule has 4 aromatic rings. The first kappa shape index (κ1) is 34.8. The molecule has 1 unspecified atom stereocenters. The third kappa shape index (κ3) is 6.30. The predicted octanol–water partition coefficient (Wildman–Crippen LogP) is 7.22. The van der Waals surface area contributed by atoms with Gasteiger partial charge in [0.1, 0.15) is 23.4 Å². The van der Waals surface area contributed by atoms with E-state index in [4.69, 9.17) is 18.9 Å². The van der Waals surface area contributed by atoms with E-state index < -0.39 is 8.07 Å². The van der Waals surface area contributed by atoms with Crippen LogP contribution in [0, 0.1) is 5.92 Å². The van der Waals surface area contributed by atoms with E-state index in [0.717, 1.165) is 24.2 Å². The first-order chi connectivity index (χ1) is 24.7. The maximum atomic E-state index is 14.2. The van der Waals surface area contributed by atoms with Crippen molar-refractivity contribution in [1.82, 2.24) is 4.90 Å². The lowest BCUT2D eigenvalue weighted by Gasteiger charge is -2.46. The highest BCUT2D eigenvalue weighted by Crippen LogP contribution is 2.50. The number of ether oxygens (including phenoxy) is 4. The molecule has 3 aliphatic heterocycles. The lowest BCUT2D eigenvalue weighted by molar-refractivity contribution is -0.133. The van der Waals surface area contributed by atoms with Gasteiger partial charge in [-0.2, -0.15) is 0 Å². The minimum Gasteiger partial charge on any atom is -0.497 e. The van der Waals surface area contributed by atoms with Crippen molar-refractivity contribution in [2.24, 2.45) is 5.92 Å². The fourth-order valence-corrected chi connectivity index (χ4v) is 11.6. The number of hydrogen-bond acceptors (Lipinski definition) is 7. The molecule has 0 aliphatic carbocycles. The Bertz CT molecular complexity index is 1910. The summed E-state index contributed by atoms with van der Waals surface area (Å²) in [5.74, 6) is 2.27. The molecule has 4 aromatic carbocycles. The number of amides is 2. The summed E-state index contributed by atoms with van der Waals surface area (Å²) in [5, 5.41) is 11.3. The maximum absolute atomic E-state index is 14.2. The van der Waals surface area contributed by atoms with Crippen LogP contribution in [0.15, 0.2) is 91.0 Å². The van der Waals surface area contributed by atoms with Crippen LogP contribution in [0.4, 0.5) is 11.4 Å². The quantitative estimate of drug-likeness (QED) is 0.184. The first-order valence-corrected chi connectivity index (χ1v) is 20.8. The van der Waals surface area contributed by atoms with E-state index in [1.165, 1.54) is 5.19 Å². The Balaban J connectivity index is 1.28. The van der Waals surface area contributed by atoms with Gasteiger partial charge in [0.2, 0.25) is 5.91 Å². The van der Waals surface area contributed by atoms with E-state index in [-0.39, 0.29) is 48.1 Å². The summed E-state index contributed by atoms with van der Waals surface area (Å²) in [6, 6.07) is 28.7. The average molecular weight is 707 g/mol. The second-order valence-corrected chi connectivity index (χ2v) is 19.1. The number of rotatable bonds is 9. The monoisotopic (exact) mass is 706 g/mol. The molecule has 3 aliphatic rings. The SMILES string of the molecule is COc1ccc([Si](C)(C)C(CC(=O)N2CCC[C@H]2CO)[C@H]2Oc3ccc(N4C(=O)c5ccccc5Oc5ccccc54)cc3[C@@H](OC)[C@@H]2C)cc1. The van der Waals surface area contributed by atoms with E-state index in [0.29, 0.717) is 47.2 Å². The Morgan fingerprint density at radius 2 is 1.69 bits per heavy atom. The summed E-state index contributed by atoms with van der Waals surface area (Å²) < 4.78 is 25.0. The lowest BCUT2D eigenvalue weighted by Crippen LogP contribution is -2.55. The molecular formula is C41H46N2O7Si. The van der Waals surface area contributed by atoms with E-state index in [1.807, 2.05) is 77.7 Å². The molecule has 1 fully saturated rings. The van der Waals surface area contributed by atoms with Gasteiger partial charge in [-0.3, -0.25) is 14.5 Å². The molecule has 7 rings (SSSR count). The second kappa shape index (κ2) is 14.2. The number of likely N-dealkylation sites (tertiary alicyclic amines) is 1. The molecule has 10 heteroatoms. The summed E-state index contributed by atoms with van der Waals surface area (Å²) in [6.07, 6.45) is 1.30. The van der Waals surface area contributed by atoms with E-state index >= 15 is 0 Å². The number of aliphatic hydroxyl groups is 1. The molecule has 51 heavy (non-hydrogen) atoms. The third-order valence-electron chi connectivity index (χ3n) is 11.2. The Morgan fingerprint density at radius 3 is 2.41 bits per heavy atom. The highest BCUT2D eigenvalue weighted by atomic mass is 28.3. The van der Waals surface area contributed by atoms with Crippen molar-refractivity contribution in [3.63, 3.8) is 0 Å². The molecule has 9 nitrogen and oxygen atoms in total. The normalized spacial score (nSPS) is 21.8. The average Bonchev–Trinajstić information content (AvgIpc) is 3.59. The van der Waals surface area contributed by atoms with E-state index in [1.54, 1.807) is 25.2 Å². The Hall–Kier alpha value is -4.64. The lowest BCUT2D eigenvalue weighted by atomic mass is 9.86. The standard InChI is InChI=1S/C41H46N2O7Si/c1-26-39(48-3)32-23-27(43-33-13-7-9-15-36(33)49-34-14-8-6-12-31(34)41(43)46)16-21-35(32)50-40(26)37(24-38(45)42-22-10-11-28(42)25-44)51(4,5)30-19-17-29(47-2)18-20-30/h6-9,12-21,23,26,28,37,39-40,44H,10-11,22,24-25H2,1-5H3/t26-,28-,37?,39-,40-/m0/s1. The Kier molecular flexibility index (Phi) is 9.67. The fourth-order valence-electron chi connectivity index (χ4n) is 8.25. The largest absolute Gasteiger partial charge is 0.497 e. The molecule has 3 heterocycles. The predicted molar refractivity (Wildman–Crippen MR) is 199 cm³/mol. The minimum absolute atomic E-state index is 0.0325. The second-order valence-electron chi connectivity index (χ2n) is 14.4.